The summed E-state index contributed by atoms with van der Waals surface area (Å²) >= 11 is 0. The lowest BCUT2D eigenvalue weighted by molar-refractivity contribution is 0.696. The first kappa shape index (κ1) is 18.4. The number of benzene rings is 2. The number of hydrogen-bond donors (Lipinski definition) is 0. The monoisotopic (exact) mass is 412 g/mol. The van der Waals surface area contributed by atoms with Gasteiger partial charge in [0, 0.05) is 12.7 Å². The Labute approximate surface area is 141 Å². The second-order valence-corrected chi connectivity index (χ2v) is 10.7. The molecule has 2 aromatic rings. The van der Waals surface area contributed by atoms with Crippen LogP contribution in [0.25, 0.3) is 11.1 Å². The molecule has 0 saturated heterocycles. The molecule has 12 heteroatoms. The van der Waals surface area contributed by atoms with E-state index in [9.17, 15) is 21.0 Å². The summed E-state index contributed by atoms with van der Waals surface area (Å²) in [6.45, 7) is 0. The molecule has 4 nitrogen and oxygen atoms in total. The first-order valence-electron chi connectivity index (χ1n) is 6.90. The van der Waals surface area contributed by atoms with Crippen molar-refractivity contribution in [3.8, 4) is 11.1 Å². The summed E-state index contributed by atoms with van der Waals surface area (Å²) in [6, 6.07) is 15.5. The van der Waals surface area contributed by atoms with E-state index in [2.05, 4.69) is 13.5 Å². The average Bonchev–Trinajstić information content (AvgIpc) is 2.52. The molecule has 1 atom stereocenters. The third-order valence-corrected chi connectivity index (χ3v) is 9.65. The predicted octanol–water partition coefficient (Wildman–Crippen LogP) is 8.49. The average molecular weight is 412 g/mol. The van der Waals surface area contributed by atoms with Gasteiger partial charge in [-0.3, -0.25) is 4.67 Å². The lowest BCUT2D eigenvalue weighted by atomic mass is 10.1. The Kier molecular flexibility index (Phi) is 4.69. The van der Waals surface area contributed by atoms with Crippen LogP contribution in [0.2, 0.25) is 0 Å². The number of hydrogen-bond acceptors (Lipinski definition) is 4. The fourth-order valence-corrected chi connectivity index (χ4v) is 8.23. The van der Waals surface area contributed by atoms with Crippen LogP contribution in [-0.2, 0) is 0 Å². The molecule has 0 saturated carbocycles. The van der Waals surface area contributed by atoms with Crippen molar-refractivity contribution < 1.29 is 21.0 Å². The molecule has 1 aliphatic rings. The Bertz CT molecular complexity index is 942. The maximum absolute atomic E-state index is 14.8. The Morgan fingerprint density at radius 3 is 1.76 bits per heavy atom. The molecule has 1 heterocycles. The summed E-state index contributed by atoms with van der Waals surface area (Å²) in [7, 11) is -15.3. The molecule has 0 fully saturated rings. The zero-order valence-electron chi connectivity index (χ0n) is 12.7. The minimum Gasteiger partial charge on any atom is -0.299 e. The van der Waals surface area contributed by atoms with Crippen LogP contribution in [0.15, 0.2) is 68.1 Å². The smallest absolute Gasteiger partial charge is 0.299 e. The van der Waals surface area contributed by atoms with Crippen LogP contribution >= 0.6 is 23.3 Å². The van der Waals surface area contributed by atoms with E-state index in [1.165, 1.54) is 12.1 Å². The first-order chi connectivity index (χ1) is 11.6. The van der Waals surface area contributed by atoms with E-state index in [1.807, 2.05) is 30.3 Å². The van der Waals surface area contributed by atoms with Crippen molar-refractivity contribution in [1.29, 1.82) is 0 Å². The third-order valence-electron chi connectivity index (χ3n) is 3.39. The van der Waals surface area contributed by atoms with Gasteiger partial charge < -0.3 is 0 Å². The van der Waals surface area contributed by atoms with E-state index >= 15 is 0 Å². The molecule has 0 aromatic heterocycles. The van der Waals surface area contributed by atoms with Crippen LogP contribution in [0.1, 0.15) is 0 Å². The van der Waals surface area contributed by atoms with Gasteiger partial charge in [0.25, 0.3) is 0 Å². The van der Waals surface area contributed by atoms with Crippen molar-refractivity contribution in [3.63, 3.8) is 0 Å². The van der Waals surface area contributed by atoms with Gasteiger partial charge in [-0.15, -0.1) is 30.3 Å². The molecule has 1 unspecified atom stereocenters. The minimum atomic E-state index is -5.72. The summed E-state index contributed by atoms with van der Waals surface area (Å²) in [5, 5.41) is 0. The van der Waals surface area contributed by atoms with Gasteiger partial charge in [-0.05, 0) is 23.3 Å². The highest BCUT2D eigenvalue weighted by molar-refractivity contribution is 7.80. The SMILES string of the molecule is CN(c1ccc(-c2ccccc2)cc1)P1(F)=NP(F)(F)=NP(F)(F)=N1. The van der Waals surface area contributed by atoms with Gasteiger partial charge in [0.2, 0.25) is 0 Å². The fraction of sp³-hybridized carbons (Fsp3) is 0.0769. The number of nitrogens with zero attached hydrogens (tertiary/aromatic N) is 4. The van der Waals surface area contributed by atoms with Gasteiger partial charge in [0.1, 0.15) is 0 Å². The molecule has 134 valence electrons. The van der Waals surface area contributed by atoms with Crippen molar-refractivity contribution in [3.05, 3.63) is 54.6 Å². The molecule has 2 aromatic carbocycles. The van der Waals surface area contributed by atoms with Crippen LogP contribution in [-0.4, -0.2) is 7.05 Å². The van der Waals surface area contributed by atoms with Crippen LogP contribution < -0.4 is 4.67 Å². The second-order valence-electron chi connectivity index (χ2n) is 5.11. The number of rotatable bonds is 3. The highest BCUT2D eigenvalue weighted by Crippen LogP contribution is 2.82. The topological polar surface area (TPSA) is 40.3 Å². The fourth-order valence-electron chi connectivity index (χ4n) is 2.22. The quantitative estimate of drug-likeness (QED) is 0.368. The molecule has 0 amide bonds. The number of anilines is 1. The maximum atomic E-state index is 14.8. The minimum absolute atomic E-state index is 0.130. The van der Waals surface area contributed by atoms with Gasteiger partial charge in [0.05, 0.1) is 0 Å². The molecule has 0 N–H and O–H groups in total. The van der Waals surface area contributed by atoms with Gasteiger partial charge in [-0.1, -0.05) is 42.5 Å². The second kappa shape index (κ2) is 6.39. The summed E-state index contributed by atoms with van der Waals surface area (Å²) in [5.41, 5.74) is 1.85. The zero-order chi connectivity index (χ0) is 18.3. The Morgan fingerprint density at radius 1 is 0.680 bits per heavy atom. The molecule has 0 spiro atoms. The van der Waals surface area contributed by atoms with Crippen LogP contribution in [0, 0.1) is 0 Å². The molecule has 0 bridgehead atoms. The summed E-state index contributed by atoms with van der Waals surface area (Å²) in [5.74, 6) is 0. The van der Waals surface area contributed by atoms with Crippen molar-refractivity contribution in [1.82, 2.24) is 0 Å². The van der Waals surface area contributed by atoms with Gasteiger partial charge >= 0.3 is 23.3 Å². The summed E-state index contributed by atoms with van der Waals surface area (Å²) in [4.78, 5) is 0. The first-order valence-corrected chi connectivity index (χ1v) is 11.4. The van der Waals surface area contributed by atoms with Crippen molar-refractivity contribution in [2.24, 2.45) is 13.5 Å². The normalized spacial score (nSPS) is 23.8. The highest BCUT2D eigenvalue weighted by Gasteiger charge is 2.41. The van der Waals surface area contributed by atoms with Crippen LogP contribution in [0.3, 0.4) is 0 Å². The van der Waals surface area contributed by atoms with E-state index < -0.39 is 23.3 Å². The van der Waals surface area contributed by atoms with Crippen molar-refractivity contribution in [2.75, 3.05) is 11.7 Å². The predicted molar refractivity (Wildman–Crippen MR) is 93.9 cm³/mol. The Balaban J connectivity index is 1.99. The third kappa shape index (κ3) is 4.05. The number of halogens is 5. The molecule has 1 aliphatic heterocycles. The van der Waals surface area contributed by atoms with Crippen LogP contribution in [0.4, 0.5) is 26.7 Å². The Morgan fingerprint density at radius 2 is 1.20 bits per heavy atom. The van der Waals surface area contributed by atoms with Crippen molar-refractivity contribution >= 4 is 29.0 Å². The standard InChI is InChI=1S/C13H12F5N4P3/c1-22(25(18)20-23(14,15)19-24(16,17)21-25)13-9-7-12(8-10-13)11-5-3-2-4-6-11/h2-10H,1H3. The molecule has 0 radical (unpaired) electrons. The summed E-state index contributed by atoms with van der Waals surface area (Å²) in [6.07, 6.45) is 0. The molecule has 25 heavy (non-hydrogen) atoms. The Hall–Kier alpha value is -1.42. The van der Waals surface area contributed by atoms with Crippen LogP contribution in [0.5, 0.6) is 0 Å². The zero-order valence-corrected chi connectivity index (χ0v) is 15.4. The van der Waals surface area contributed by atoms with E-state index in [1.54, 1.807) is 12.1 Å². The highest BCUT2D eigenvalue weighted by atomic mass is 31.3. The molecule has 3 rings (SSSR count). The van der Waals surface area contributed by atoms with E-state index in [0.717, 1.165) is 18.2 Å². The largest absolute Gasteiger partial charge is 0.424 e. The van der Waals surface area contributed by atoms with E-state index in [-0.39, 0.29) is 5.69 Å². The summed E-state index contributed by atoms with van der Waals surface area (Å²) < 4.78 is 76.4. The lowest BCUT2D eigenvalue weighted by Gasteiger charge is -2.27. The molecule has 0 aliphatic carbocycles. The van der Waals surface area contributed by atoms with Gasteiger partial charge in [0.15, 0.2) is 0 Å². The lowest BCUT2D eigenvalue weighted by Crippen LogP contribution is -2.10. The van der Waals surface area contributed by atoms with Gasteiger partial charge in [-0.2, -0.15) is 4.20 Å². The van der Waals surface area contributed by atoms with E-state index in [0.29, 0.717) is 4.67 Å². The molecular formula is C13H12F5N4P3. The maximum Gasteiger partial charge on any atom is 0.424 e. The molecular weight excluding hydrogens is 400 g/mol. The van der Waals surface area contributed by atoms with Gasteiger partial charge in [-0.25, -0.2) is 0 Å². The van der Waals surface area contributed by atoms with E-state index in [4.69, 9.17) is 0 Å². The van der Waals surface area contributed by atoms with Crippen molar-refractivity contribution in [2.45, 2.75) is 0 Å².